The normalized spacial score (nSPS) is 11.0. The maximum Gasteiger partial charge on any atom is 0.247 e. The fourth-order valence-corrected chi connectivity index (χ4v) is 2.06. The van der Waals surface area contributed by atoms with Crippen molar-refractivity contribution in [3.63, 3.8) is 0 Å². The number of nitrogens with zero attached hydrogens (tertiary/aromatic N) is 5. The lowest BCUT2D eigenvalue weighted by molar-refractivity contribution is 0.277. The van der Waals surface area contributed by atoms with Gasteiger partial charge < -0.3 is 9.84 Å². The van der Waals surface area contributed by atoms with Gasteiger partial charge in [-0.2, -0.15) is 4.98 Å². The first-order valence-corrected chi connectivity index (χ1v) is 6.65. The van der Waals surface area contributed by atoms with Gasteiger partial charge in [0.2, 0.25) is 5.88 Å². The number of rotatable bonds is 5. The van der Waals surface area contributed by atoms with Gasteiger partial charge in [0.15, 0.2) is 17.0 Å². The Balaban J connectivity index is 2.14. The van der Waals surface area contributed by atoms with Gasteiger partial charge in [-0.3, -0.25) is 0 Å². The van der Waals surface area contributed by atoms with E-state index in [-0.39, 0.29) is 6.61 Å². The molecular formula is C14H15N5O2. The van der Waals surface area contributed by atoms with Crippen LogP contribution in [0.1, 0.15) is 6.42 Å². The second kappa shape index (κ2) is 5.84. The third kappa shape index (κ3) is 2.55. The average molecular weight is 285 g/mol. The van der Waals surface area contributed by atoms with Crippen LogP contribution < -0.4 is 4.74 Å². The fourth-order valence-electron chi connectivity index (χ4n) is 2.06. The molecule has 7 heteroatoms. The first-order chi connectivity index (χ1) is 10.3. The van der Waals surface area contributed by atoms with Crippen LogP contribution >= 0.6 is 0 Å². The van der Waals surface area contributed by atoms with E-state index in [9.17, 15) is 0 Å². The molecule has 3 aromatic rings. The zero-order valence-electron chi connectivity index (χ0n) is 11.6. The van der Waals surface area contributed by atoms with Crippen LogP contribution in [0.2, 0.25) is 0 Å². The highest BCUT2D eigenvalue weighted by atomic mass is 16.5. The monoisotopic (exact) mass is 285 g/mol. The molecule has 21 heavy (non-hydrogen) atoms. The second-order valence-corrected chi connectivity index (χ2v) is 4.48. The Kier molecular flexibility index (Phi) is 3.74. The molecule has 0 aliphatic heterocycles. The molecule has 0 fully saturated rings. The molecule has 0 atom stereocenters. The molecule has 0 radical (unpaired) electrons. The van der Waals surface area contributed by atoms with Gasteiger partial charge in [-0.1, -0.05) is 35.5 Å². The first kappa shape index (κ1) is 13.4. The van der Waals surface area contributed by atoms with E-state index < -0.39 is 0 Å². The van der Waals surface area contributed by atoms with E-state index in [1.165, 1.54) is 0 Å². The quantitative estimate of drug-likeness (QED) is 0.760. The molecule has 0 aliphatic carbocycles. The number of aliphatic hydroxyl groups is 1. The lowest BCUT2D eigenvalue weighted by atomic mass is 10.2. The maximum absolute atomic E-state index is 8.95. The Hall–Kier alpha value is -2.54. The van der Waals surface area contributed by atoms with Crippen molar-refractivity contribution in [2.24, 2.45) is 0 Å². The van der Waals surface area contributed by atoms with Crippen LogP contribution in [0, 0.1) is 0 Å². The molecule has 3 rings (SSSR count). The molecule has 7 nitrogen and oxygen atoms in total. The van der Waals surface area contributed by atoms with Gasteiger partial charge >= 0.3 is 0 Å². The van der Waals surface area contributed by atoms with Gasteiger partial charge in [0.1, 0.15) is 0 Å². The van der Waals surface area contributed by atoms with E-state index in [4.69, 9.17) is 9.84 Å². The van der Waals surface area contributed by atoms with Crippen molar-refractivity contribution in [3.8, 4) is 17.3 Å². The predicted octanol–water partition coefficient (Wildman–Crippen LogP) is 1.28. The van der Waals surface area contributed by atoms with Crippen molar-refractivity contribution in [1.82, 2.24) is 25.0 Å². The van der Waals surface area contributed by atoms with Crippen molar-refractivity contribution in [2.45, 2.75) is 13.0 Å². The lowest BCUT2D eigenvalue weighted by Crippen LogP contribution is -2.04. The molecule has 0 aliphatic rings. The summed E-state index contributed by atoms with van der Waals surface area (Å²) in [5, 5.41) is 17.1. The minimum absolute atomic E-state index is 0.0924. The zero-order valence-corrected chi connectivity index (χ0v) is 11.6. The average Bonchev–Trinajstić information content (AvgIpc) is 2.96. The summed E-state index contributed by atoms with van der Waals surface area (Å²) in [4.78, 5) is 8.92. The molecule has 0 unspecified atom stereocenters. The van der Waals surface area contributed by atoms with E-state index in [1.54, 1.807) is 11.8 Å². The topological polar surface area (TPSA) is 86.0 Å². The Bertz CT molecular complexity index is 742. The van der Waals surface area contributed by atoms with Gasteiger partial charge in [0.05, 0.1) is 7.11 Å². The summed E-state index contributed by atoms with van der Waals surface area (Å²) in [7, 11) is 1.54. The number of aliphatic hydroxyl groups excluding tert-OH is 1. The molecule has 2 aromatic heterocycles. The highest BCUT2D eigenvalue weighted by Gasteiger charge is 2.15. The van der Waals surface area contributed by atoms with Gasteiger partial charge in [0.25, 0.3) is 0 Å². The van der Waals surface area contributed by atoms with Crippen molar-refractivity contribution in [2.75, 3.05) is 13.7 Å². The number of hydrogen-bond donors (Lipinski definition) is 1. The van der Waals surface area contributed by atoms with Crippen LogP contribution in [0.4, 0.5) is 0 Å². The Morgan fingerprint density at radius 3 is 2.71 bits per heavy atom. The smallest absolute Gasteiger partial charge is 0.247 e. The Labute approximate surface area is 121 Å². The van der Waals surface area contributed by atoms with Crippen LogP contribution in [0.25, 0.3) is 22.6 Å². The molecule has 2 heterocycles. The van der Waals surface area contributed by atoms with Gasteiger partial charge in [-0.05, 0) is 6.42 Å². The summed E-state index contributed by atoms with van der Waals surface area (Å²) < 4.78 is 6.95. The summed E-state index contributed by atoms with van der Waals surface area (Å²) in [6.45, 7) is 0.635. The molecular weight excluding hydrogens is 270 g/mol. The Morgan fingerprint density at radius 2 is 2.00 bits per heavy atom. The molecule has 108 valence electrons. The molecule has 0 saturated carbocycles. The van der Waals surface area contributed by atoms with E-state index in [1.807, 2.05) is 30.3 Å². The fraction of sp³-hybridized carbons (Fsp3) is 0.286. The van der Waals surface area contributed by atoms with Crippen molar-refractivity contribution in [3.05, 3.63) is 30.3 Å². The number of aromatic nitrogens is 5. The third-order valence-corrected chi connectivity index (χ3v) is 3.08. The minimum atomic E-state index is 0.0924. The molecule has 0 amide bonds. The summed E-state index contributed by atoms with van der Waals surface area (Å²) in [6, 6.07) is 9.66. The van der Waals surface area contributed by atoms with Crippen molar-refractivity contribution in [1.29, 1.82) is 0 Å². The highest BCUT2D eigenvalue weighted by Crippen LogP contribution is 2.24. The Morgan fingerprint density at radius 1 is 1.19 bits per heavy atom. The van der Waals surface area contributed by atoms with Crippen molar-refractivity contribution < 1.29 is 9.84 Å². The summed E-state index contributed by atoms with van der Waals surface area (Å²) in [5.41, 5.74) is 2.02. The van der Waals surface area contributed by atoms with E-state index >= 15 is 0 Å². The first-order valence-electron chi connectivity index (χ1n) is 6.65. The number of ether oxygens (including phenoxy) is 1. The summed E-state index contributed by atoms with van der Waals surface area (Å²) in [5.74, 6) is 0.960. The molecule has 1 aromatic carbocycles. The maximum atomic E-state index is 8.95. The van der Waals surface area contributed by atoms with E-state index in [0.717, 1.165) is 5.56 Å². The molecule has 0 saturated heterocycles. The lowest BCUT2D eigenvalue weighted by Gasteiger charge is -2.05. The number of methoxy groups -OCH3 is 1. The van der Waals surface area contributed by atoms with Gasteiger partial charge in [0, 0.05) is 18.7 Å². The van der Waals surface area contributed by atoms with Crippen LogP contribution in [0.5, 0.6) is 5.88 Å². The second-order valence-electron chi connectivity index (χ2n) is 4.48. The largest absolute Gasteiger partial charge is 0.479 e. The van der Waals surface area contributed by atoms with Crippen LogP contribution in [-0.2, 0) is 6.54 Å². The van der Waals surface area contributed by atoms with Crippen LogP contribution in [-0.4, -0.2) is 43.8 Å². The number of aryl methyl sites for hydroxylation is 1. The minimum Gasteiger partial charge on any atom is -0.479 e. The van der Waals surface area contributed by atoms with E-state index in [0.29, 0.717) is 35.8 Å². The van der Waals surface area contributed by atoms with Gasteiger partial charge in [-0.25, -0.2) is 9.67 Å². The van der Waals surface area contributed by atoms with Crippen LogP contribution in [0.3, 0.4) is 0 Å². The summed E-state index contributed by atoms with van der Waals surface area (Å²) in [6.07, 6.45) is 0.589. The predicted molar refractivity (Wildman–Crippen MR) is 76.8 cm³/mol. The standard InChI is InChI=1S/C14H15N5O2/c1-21-14-11-13(19(18-17-11)8-5-9-20)15-12(16-14)10-6-3-2-4-7-10/h2-4,6-7,20H,5,8-9H2,1H3. The SMILES string of the molecule is COc1nc(-c2ccccc2)nc2c1nnn2CCCO. The van der Waals surface area contributed by atoms with Gasteiger partial charge in [-0.15, -0.1) is 5.10 Å². The number of benzene rings is 1. The van der Waals surface area contributed by atoms with E-state index in [2.05, 4.69) is 20.3 Å². The molecule has 0 bridgehead atoms. The number of hydrogen-bond acceptors (Lipinski definition) is 6. The highest BCUT2D eigenvalue weighted by molar-refractivity contribution is 5.78. The number of fused-ring (bicyclic) bond motifs is 1. The summed E-state index contributed by atoms with van der Waals surface area (Å²) >= 11 is 0. The molecule has 0 spiro atoms. The third-order valence-electron chi connectivity index (χ3n) is 3.08. The zero-order chi connectivity index (χ0) is 14.7. The molecule has 1 N–H and O–H groups in total. The van der Waals surface area contributed by atoms with Crippen molar-refractivity contribution >= 4 is 11.2 Å². The van der Waals surface area contributed by atoms with Crippen LogP contribution in [0.15, 0.2) is 30.3 Å².